The van der Waals surface area contributed by atoms with Gasteiger partial charge in [0, 0.05) is 24.1 Å². The Hall–Kier alpha value is -1.91. The first-order valence-corrected chi connectivity index (χ1v) is 6.78. The van der Waals surface area contributed by atoms with Gasteiger partial charge in [-0.3, -0.25) is 19.5 Å². The molecule has 1 aliphatic carbocycles. The molecule has 5 nitrogen and oxygen atoms in total. The molecule has 1 aromatic heterocycles. The van der Waals surface area contributed by atoms with Crippen molar-refractivity contribution in [1.29, 1.82) is 0 Å². The van der Waals surface area contributed by atoms with E-state index in [0.29, 0.717) is 0 Å². The minimum Gasteiger partial charge on any atom is -0.373 e. The molecular formula is C14H17N3O2. The van der Waals surface area contributed by atoms with Gasteiger partial charge in [-0.2, -0.15) is 0 Å². The predicted octanol–water partition coefficient (Wildman–Crippen LogP) is 1.56. The monoisotopic (exact) mass is 259 g/mol. The fraction of sp³-hybridized carbons (Fsp3) is 0.500. The maximum Gasteiger partial charge on any atom is 0.252 e. The third-order valence-electron chi connectivity index (χ3n) is 3.89. The number of pyridine rings is 1. The van der Waals surface area contributed by atoms with E-state index in [1.807, 2.05) is 0 Å². The molecule has 0 bridgehead atoms. The highest BCUT2D eigenvalue weighted by atomic mass is 16.2. The van der Waals surface area contributed by atoms with Crippen molar-refractivity contribution < 1.29 is 9.59 Å². The van der Waals surface area contributed by atoms with Crippen LogP contribution in [0.5, 0.6) is 0 Å². The van der Waals surface area contributed by atoms with Crippen LogP contribution in [0.2, 0.25) is 0 Å². The van der Waals surface area contributed by atoms with E-state index in [1.54, 1.807) is 24.5 Å². The summed E-state index contributed by atoms with van der Waals surface area (Å²) in [7, 11) is 0. The molecule has 0 spiro atoms. The second-order valence-electron chi connectivity index (χ2n) is 5.18. The number of rotatable bonds is 3. The number of carbonyl (C=O) groups excluding carboxylic acids is 2. The SMILES string of the molecule is O=C1CC(Nc2ccncc2)C(=O)N1C1CCCC1. The summed E-state index contributed by atoms with van der Waals surface area (Å²) < 4.78 is 0. The van der Waals surface area contributed by atoms with E-state index < -0.39 is 6.04 Å². The third kappa shape index (κ3) is 2.32. The van der Waals surface area contributed by atoms with E-state index in [-0.39, 0.29) is 24.3 Å². The molecule has 2 heterocycles. The summed E-state index contributed by atoms with van der Waals surface area (Å²) in [5, 5.41) is 3.12. The summed E-state index contributed by atoms with van der Waals surface area (Å²) in [4.78, 5) is 29.8. The van der Waals surface area contributed by atoms with Crippen LogP contribution in [0.4, 0.5) is 5.69 Å². The molecule has 2 aliphatic rings. The fourth-order valence-corrected chi connectivity index (χ4v) is 2.96. The largest absolute Gasteiger partial charge is 0.373 e. The molecule has 100 valence electrons. The average Bonchev–Trinajstić information content (AvgIpc) is 3.01. The van der Waals surface area contributed by atoms with Crippen molar-refractivity contribution >= 4 is 17.5 Å². The highest BCUT2D eigenvalue weighted by Crippen LogP contribution is 2.29. The Bertz CT molecular complexity index is 483. The number of anilines is 1. The van der Waals surface area contributed by atoms with Gasteiger partial charge in [-0.05, 0) is 25.0 Å². The van der Waals surface area contributed by atoms with Crippen molar-refractivity contribution in [2.45, 2.75) is 44.2 Å². The quantitative estimate of drug-likeness (QED) is 0.837. The molecule has 3 rings (SSSR count). The van der Waals surface area contributed by atoms with E-state index in [4.69, 9.17) is 0 Å². The van der Waals surface area contributed by atoms with Crippen molar-refractivity contribution in [2.24, 2.45) is 0 Å². The summed E-state index contributed by atoms with van der Waals surface area (Å²) in [5.41, 5.74) is 0.828. The lowest BCUT2D eigenvalue weighted by Crippen LogP contribution is -2.40. The normalized spacial score (nSPS) is 24.2. The zero-order valence-electron chi connectivity index (χ0n) is 10.7. The molecule has 2 fully saturated rings. The number of hydrogen-bond acceptors (Lipinski definition) is 4. The van der Waals surface area contributed by atoms with Crippen molar-refractivity contribution in [3.8, 4) is 0 Å². The van der Waals surface area contributed by atoms with Crippen LogP contribution in [0.1, 0.15) is 32.1 Å². The molecule has 1 aromatic rings. The molecule has 1 unspecified atom stereocenters. The van der Waals surface area contributed by atoms with E-state index in [9.17, 15) is 9.59 Å². The molecule has 1 atom stereocenters. The second kappa shape index (κ2) is 4.99. The molecule has 0 radical (unpaired) electrons. The van der Waals surface area contributed by atoms with Crippen LogP contribution >= 0.6 is 0 Å². The Morgan fingerprint density at radius 1 is 1.16 bits per heavy atom. The number of amides is 2. The number of nitrogens with zero attached hydrogens (tertiary/aromatic N) is 2. The first-order chi connectivity index (χ1) is 9.25. The second-order valence-corrected chi connectivity index (χ2v) is 5.18. The van der Waals surface area contributed by atoms with Crippen molar-refractivity contribution in [2.75, 3.05) is 5.32 Å². The first kappa shape index (κ1) is 12.1. The van der Waals surface area contributed by atoms with Crippen LogP contribution in [-0.2, 0) is 9.59 Å². The lowest BCUT2D eigenvalue weighted by molar-refractivity contribution is -0.141. The van der Waals surface area contributed by atoms with Crippen LogP contribution in [0.25, 0.3) is 0 Å². The maximum absolute atomic E-state index is 12.3. The molecular weight excluding hydrogens is 242 g/mol. The molecule has 1 saturated heterocycles. The number of carbonyl (C=O) groups is 2. The minimum absolute atomic E-state index is 0.0385. The standard InChI is InChI=1S/C14H17N3O2/c18-13-9-12(16-10-5-7-15-8-6-10)14(19)17(13)11-3-1-2-4-11/h5-8,11-12H,1-4,9H2,(H,15,16). The molecule has 0 aromatic carbocycles. The zero-order chi connectivity index (χ0) is 13.2. The van der Waals surface area contributed by atoms with Crippen molar-refractivity contribution in [3.05, 3.63) is 24.5 Å². The van der Waals surface area contributed by atoms with Gasteiger partial charge < -0.3 is 5.32 Å². The zero-order valence-corrected chi connectivity index (χ0v) is 10.7. The number of likely N-dealkylation sites (tertiary alicyclic amines) is 1. The maximum atomic E-state index is 12.3. The third-order valence-corrected chi connectivity index (χ3v) is 3.89. The first-order valence-electron chi connectivity index (χ1n) is 6.78. The topological polar surface area (TPSA) is 62.3 Å². The van der Waals surface area contributed by atoms with Gasteiger partial charge >= 0.3 is 0 Å². The minimum atomic E-state index is -0.421. The fourth-order valence-electron chi connectivity index (χ4n) is 2.96. The van der Waals surface area contributed by atoms with Gasteiger partial charge in [-0.25, -0.2) is 0 Å². The lowest BCUT2D eigenvalue weighted by atomic mass is 10.2. The molecule has 1 saturated carbocycles. The molecule has 1 aliphatic heterocycles. The summed E-state index contributed by atoms with van der Waals surface area (Å²) in [6.07, 6.45) is 7.74. The van der Waals surface area contributed by atoms with Gasteiger partial charge in [0.05, 0.1) is 6.42 Å². The Kier molecular flexibility index (Phi) is 3.19. The van der Waals surface area contributed by atoms with Crippen LogP contribution in [0.3, 0.4) is 0 Å². The number of imide groups is 1. The lowest BCUT2D eigenvalue weighted by Gasteiger charge is -2.22. The number of aromatic nitrogens is 1. The van der Waals surface area contributed by atoms with E-state index >= 15 is 0 Å². The van der Waals surface area contributed by atoms with Gasteiger partial charge in [0.15, 0.2) is 0 Å². The van der Waals surface area contributed by atoms with E-state index in [1.165, 1.54) is 4.90 Å². The Balaban J connectivity index is 1.71. The Morgan fingerprint density at radius 3 is 2.53 bits per heavy atom. The van der Waals surface area contributed by atoms with Gasteiger partial charge in [0.1, 0.15) is 6.04 Å². The average molecular weight is 259 g/mol. The Morgan fingerprint density at radius 2 is 1.84 bits per heavy atom. The molecule has 1 N–H and O–H groups in total. The number of nitrogens with one attached hydrogen (secondary N) is 1. The van der Waals surface area contributed by atoms with Crippen LogP contribution < -0.4 is 5.32 Å². The summed E-state index contributed by atoms with van der Waals surface area (Å²) >= 11 is 0. The number of hydrogen-bond donors (Lipinski definition) is 1. The van der Waals surface area contributed by atoms with Gasteiger partial charge in [0.2, 0.25) is 5.91 Å². The Labute approximate surface area is 112 Å². The van der Waals surface area contributed by atoms with Gasteiger partial charge in [-0.15, -0.1) is 0 Å². The molecule has 19 heavy (non-hydrogen) atoms. The highest BCUT2D eigenvalue weighted by molar-refractivity contribution is 6.07. The van der Waals surface area contributed by atoms with Gasteiger partial charge in [-0.1, -0.05) is 12.8 Å². The van der Waals surface area contributed by atoms with Crippen LogP contribution in [0.15, 0.2) is 24.5 Å². The van der Waals surface area contributed by atoms with E-state index in [0.717, 1.165) is 31.4 Å². The summed E-state index contributed by atoms with van der Waals surface area (Å²) in [6.45, 7) is 0. The molecule has 2 amide bonds. The molecule has 5 heteroatoms. The van der Waals surface area contributed by atoms with Gasteiger partial charge in [0.25, 0.3) is 5.91 Å². The van der Waals surface area contributed by atoms with Crippen molar-refractivity contribution in [1.82, 2.24) is 9.88 Å². The highest BCUT2D eigenvalue weighted by Gasteiger charge is 2.42. The van der Waals surface area contributed by atoms with Crippen LogP contribution in [-0.4, -0.2) is 33.8 Å². The van der Waals surface area contributed by atoms with E-state index in [2.05, 4.69) is 10.3 Å². The summed E-state index contributed by atoms with van der Waals surface area (Å²) in [5.74, 6) is -0.114. The van der Waals surface area contributed by atoms with Crippen LogP contribution in [0, 0.1) is 0 Å². The smallest absolute Gasteiger partial charge is 0.252 e. The van der Waals surface area contributed by atoms with Crippen molar-refractivity contribution in [3.63, 3.8) is 0 Å². The predicted molar refractivity (Wildman–Crippen MR) is 70.4 cm³/mol. The summed E-state index contributed by atoms with van der Waals surface area (Å²) in [6, 6.07) is 3.31.